The van der Waals surface area contributed by atoms with E-state index >= 15 is 0 Å². The first-order chi connectivity index (χ1) is 5.63. The van der Waals surface area contributed by atoms with Gasteiger partial charge in [-0.3, -0.25) is 9.59 Å². The number of rotatable bonds is 7. The smallest absolute Gasteiger partial charge is 0.303 e. The highest BCUT2D eigenvalue weighted by Gasteiger charge is 1.98. The summed E-state index contributed by atoms with van der Waals surface area (Å²) >= 11 is 0. The lowest BCUT2D eigenvalue weighted by Crippen LogP contribution is -1.95. The second-order valence-corrected chi connectivity index (χ2v) is 2.70. The molecule has 0 atom stereocenters. The van der Waals surface area contributed by atoms with Crippen molar-refractivity contribution in [2.24, 2.45) is 0 Å². The van der Waals surface area contributed by atoms with Gasteiger partial charge in [0, 0.05) is 12.8 Å². The fourth-order valence-corrected chi connectivity index (χ4v) is 0.906. The van der Waals surface area contributed by atoms with Gasteiger partial charge in [0.1, 0.15) is 0 Å². The van der Waals surface area contributed by atoms with Gasteiger partial charge in [-0.15, -0.1) is 0 Å². The first kappa shape index (κ1) is 14.5. The number of hydrogen-bond acceptors (Lipinski definition) is 2. The molecule has 4 heteroatoms. The number of carbonyl (C=O) groups is 2. The van der Waals surface area contributed by atoms with Crippen LogP contribution in [0.1, 0.15) is 46.0 Å². The quantitative estimate of drug-likeness (QED) is 0.603. The minimum Gasteiger partial charge on any atom is -0.481 e. The van der Waals surface area contributed by atoms with Crippen LogP contribution in [0.3, 0.4) is 0 Å². The topological polar surface area (TPSA) is 74.6 Å². The third kappa shape index (κ3) is 13.9. The first-order valence-corrected chi connectivity index (χ1v) is 4.06. The molecule has 0 rings (SSSR count). The molecule has 0 radical (unpaired) electrons. The molecule has 0 aliphatic carbocycles. The number of carboxylic acid groups (broad SMARTS) is 2. The third-order valence-electron chi connectivity index (χ3n) is 1.53. The van der Waals surface area contributed by atoms with E-state index in [2.05, 4.69) is 0 Å². The van der Waals surface area contributed by atoms with Gasteiger partial charge in [-0.25, -0.2) is 0 Å². The van der Waals surface area contributed by atoms with Crippen molar-refractivity contribution < 1.29 is 19.8 Å². The van der Waals surface area contributed by atoms with E-state index in [1.54, 1.807) is 0 Å². The summed E-state index contributed by atoms with van der Waals surface area (Å²) in [6.45, 7) is 0. The van der Waals surface area contributed by atoms with E-state index in [9.17, 15) is 9.59 Å². The maximum Gasteiger partial charge on any atom is 0.303 e. The lowest BCUT2D eigenvalue weighted by molar-refractivity contribution is -0.138. The van der Waals surface area contributed by atoms with Crippen LogP contribution in [0.2, 0.25) is 0 Å². The van der Waals surface area contributed by atoms with Gasteiger partial charge < -0.3 is 10.2 Å². The Hall–Kier alpha value is -1.06. The van der Waals surface area contributed by atoms with E-state index < -0.39 is 11.9 Å². The van der Waals surface area contributed by atoms with Crippen molar-refractivity contribution in [2.75, 3.05) is 0 Å². The Balaban J connectivity index is 0. The average molecular weight is 190 g/mol. The summed E-state index contributed by atoms with van der Waals surface area (Å²) in [7, 11) is 0. The monoisotopic (exact) mass is 190 g/mol. The number of unbranched alkanes of at least 4 members (excludes halogenated alkanes) is 3. The Kier molecular flexibility index (Phi) is 10.0. The lowest BCUT2D eigenvalue weighted by Gasteiger charge is -1.96. The van der Waals surface area contributed by atoms with Crippen LogP contribution in [0.15, 0.2) is 0 Å². The van der Waals surface area contributed by atoms with Gasteiger partial charge in [-0.1, -0.05) is 20.3 Å². The zero-order valence-electron chi connectivity index (χ0n) is 6.95. The van der Waals surface area contributed by atoms with Crippen LogP contribution in [0.5, 0.6) is 0 Å². The second kappa shape index (κ2) is 9.03. The van der Waals surface area contributed by atoms with Gasteiger partial charge >= 0.3 is 11.9 Å². The van der Waals surface area contributed by atoms with Crippen molar-refractivity contribution in [3.05, 3.63) is 0 Å². The van der Waals surface area contributed by atoms with Crippen LogP contribution in [0, 0.1) is 0 Å². The van der Waals surface area contributed by atoms with E-state index in [4.69, 9.17) is 10.2 Å². The highest BCUT2D eigenvalue weighted by atomic mass is 16.4. The van der Waals surface area contributed by atoms with E-state index in [0.29, 0.717) is 12.8 Å². The zero-order chi connectivity index (χ0) is 9.40. The molecule has 4 nitrogen and oxygen atoms in total. The van der Waals surface area contributed by atoms with Crippen molar-refractivity contribution in [3.63, 3.8) is 0 Å². The largest absolute Gasteiger partial charge is 0.481 e. The van der Waals surface area contributed by atoms with Crippen LogP contribution in [0.25, 0.3) is 0 Å². The van der Waals surface area contributed by atoms with E-state index in [1.807, 2.05) is 0 Å². The summed E-state index contributed by atoms with van der Waals surface area (Å²) in [5.41, 5.74) is 0. The van der Waals surface area contributed by atoms with Gasteiger partial charge in [0.05, 0.1) is 0 Å². The van der Waals surface area contributed by atoms with Gasteiger partial charge in [-0.2, -0.15) is 0 Å². The maximum atomic E-state index is 10.0. The van der Waals surface area contributed by atoms with Crippen LogP contribution < -0.4 is 0 Å². The maximum absolute atomic E-state index is 10.0. The molecule has 0 aliphatic rings. The molecule has 0 bridgehead atoms. The summed E-state index contributed by atoms with van der Waals surface area (Å²) < 4.78 is 0. The summed E-state index contributed by atoms with van der Waals surface area (Å²) in [4.78, 5) is 20.1. The Labute approximate surface area is 78.6 Å². The number of hydrogen-bond donors (Lipinski definition) is 2. The fourth-order valence-electron chi connectivity index (χ4n) is 0.906. The van der Waals surface area contributed by atoms with Gasteiger partial charge in [0.15, 0.2) is 0 Å². The van der Waals surface area contributed by atoms with Crippen LogP contribution >= 0.6 is 0 Å². The Morgan fingerprint density at radius 2 is 1.08 bits per heavy atom. The molecule has 0 unspecified atom stereocenters. The first-order valence-electron chi connectivity index (χ1n) is 4.06. The zero-order valence-corrected chi connectivity index (χ0v) is 6.95. The molecular formula is C9H18O4. The highest BCUT2D eigenvalue weighted by Crippen LogP contribution is 2.04. The van der Waals surface area contributed by atoms with Crippen LogP contribution in [-0.4, -0.2) is 22.2 Å². The van der Waals surface area contributed by atoms with Crippen LogP contribution in [0.4, 0.5) is 0 Å². The molecule has 0 spiro atoms. The molecule has 0 saturated carbocycles. The van der Waals surface area contributed by atoms with E-state index in [0.717, 1.165) is 12.8 Å². The van der Waals surface area contributed by atoms with Gasteiger partial charge in [0.2, 0.25) is 0 Å². The summed E-state index contributed by atoms with van der Waals surface area (Å²) in [5.74, 6) is -1.57. The predicted octanol–water partition coefficient (Wildman–Crippen LogP) is 2.13. The van der Waals surface area contributed by atoms with Crippen molar-refractivity contribution >= 4 is 11.9 Å². The molecule has 0 aromatic heterocycles. The fraction of sp³-hybridized carbons (Fsp3) is 0.778. The molecule has 78 valence electrons. The minimum absolute atomic E-state index is 0. The molecular weight excluding hydrogens is 172 g/mol. The third-order valence-corrected chi connectivity index (χ3v) is 1.53. The van der Waals surface area contributed by atoms with E-state index in [1.165, 1.54) is 0 Å². The summed E-state index contributed by atoms with van der Waals surface area (Å²) in [6.07, 6.45) is 3.28. The lowest BCUT2D eigenvalue weighted by atomic mass is 10.1. The van der Waals surface area contributed by atoms with Crippen molar-refractivity contribution in [1.29, 1.82) is 0 Å². The molecule has 0 heterocycles. The SMILES string of the molecule is C.O=C(O)CCCCCCC(=O)O. The molecule has 13 heavy (non-hydrogen) atoms. The minimum atomic E-state index is -0.784. The van der Waals surface area contributed by atoms with E-state index in [-0.39, 0.29) is 20.3 Å². The Bertz CT molecular complexity index is 136. The summed E-state index contributed by atoms with van der Waals surface area (Å²) in [5, 5.41) is 16.5. The molecule has 0 aromatic carbocycles. The van der Waals surface area contributed by atoms with Crippen molar-refractivity contribution in [3.8, 4) is 0 Å². The molecule has 0 saturated heterocycles. The number of aliphatic carboxylic acids is 2. The normalized spacial score (nSPS) is 8.92. The standard InChI is InChI=1S/C8H14O4.CH4/c9-7(10)5-3-1-2-4-6-8(11)12;/h1-6H2,(H,9,10)(H,11,12);1H4. The number of carboxylic acids is 2. The second-order valence-electron chi connectivity index (χ2n) is 2.70. The van der Waals surface area contributed by atoms with Gasteiger partial charge in [0.25, 0.3) is 0 Å². The molecule has 0 aromatic rings. The Morgan fingerprint density at radius 1 is 0.769 bits per heavy atom. The average Bonchev–Trinajstić information content (AvgIpc) is 1.95. The molecule has 0 aliphatic heterocycles. The predicted molar refractivity (Wildman–Crippen MR) is 49.7 cm³/mol. The van der Waals surface area contributed by atoms with Crippen LogP contribution in [-0.2, 0) is 9.59 Å². The van der Waals surface area contributed by atoms with Crippen molar-refractivity contribution in [1.82, 2.24) is 0 Å². The highest BCUT2D eigenvalue weighted by molar-refractivity contribution is 5.66. The van der Waals surface area contributed by atoms with Crippen molar-refractivity contribution in [2.45, 2.75) is 46.0 Å². The molecule has 2 N–H and O–H groups in total. The summed E-state index contributed by atoms with van der Waals surface area (Å²) in [6, 6.07) is 0. The molecule has 0 amide bonds. The van der Waals surface area contributed by atoms with Gasteiger partial charge in [-0.05, 0) is 12.8 Å². The molecule has 0 fully saturated rings. The Morgan fingerprint density at radius 3 is 1.31 bits per heavy atom.